The van der Waals surface area contributed by atoms with Crippen LogP contribution in [0.3, 0.4) is 0 Å². The number of piperidine rings is 1. The number of nitrogens with zero attached hydrogens (tertiary/aromatic N) is 1. The van der Waals surface area contributed by atoms with Crippen molar-refractivity contribution in [2.24, 2.45) is 0 Å². The third-order valence-electron chi connectivity index (χ3n) is 3.10. The van der Waals surface area contributed by atoms with Crippen LogP contribution in [0, 0.1) is 6.92 Å². The molecule has 5 nitrogen and oxygen atoms in total. The number of aryl methyl sites for hydroxylation is 1. The quantitative estimate of drug-likeness (QED) is 0.877. The summed E-state index contributed by atoms with van der Waals surface area (Å²) >= 11 is 0. The van der Waals surface area contributed by atoms with Gasteiger partial charge in [0.05, 0.1) is 0 Å². The highest BCUT2D eigenvalue weighted by Crippen LogP contribution is 2.22. The first kappa shape index (κ1) is 12.6. The molecule has 1 unspecified atom stereocenters. The molecule has 1 saturated heterocycles. The molecule has 1 aliphatic heterocycles. The first-order valence-corrected chi connectivity index (χ1v) is 7.22. The van der Waals surface area contributed by atoms with Gasteiger partial charge in [-0.2, -0.15) is 4.31 Å². The van der Waals surface area contributed by atoms with Gasteiger partial charge in [0.1, 0.15) is 5.76 Å². The van der Waals surface area contributed by atoms with E-state index in [9.17, 15) is 8.42 Å². The molecular weight excluding hydrogens is 240 g/mol. The third-order valence-corrected chi connectivity index (χ3v) is 4.84. The minimum absolute atomic E-state index is 0.0479. The Labute approximate surface area is 102 Å². The van der Waals surface area contributed by atoms with E-state index >= 15 is 0 Å². The van der Waals surface area contributed by atoms with Crippen molar-refractivity contribution in [3.8, 4) is 0 Å². The van der Waals surface area contributed by atoms with E-state index in [4.69, 9.17) is 4.42 Å². The van der Waals surface area contributed by atoms with Gasteiger partial charge < -0.3 is 9.73 Å². The standard InChI is InChI=1S/C11H18N2O3S/c1-9-5-6-11(16-9)17(14,15)13-7-3-4-10(8-13)12-2/h5-6,10,12H,3-4,7-8H2,1-2H3. The molecule has 6 heteroatoms. The van der Waals surface area contributed by atoms with Gasteiger partial charge in [-0.05, 0) is 38.9 Å². The normalized spacial score (nSPS) is 22.8. The Morgan fingerprint density at radius 3 is 2.82 bits per heavy atom. The minimum atomic E-state index is -3.46. The zero-order valence-electron chi connectivity index (χ0n) is 10.1. The molecule has 0 spiro atoms. The van der Waals surface area contributed by atoms with E-state index < -0.39 is 10.0 Å². The summed E-state index contributed by atoms with van der Waals surface area (Å²) in [5, 5.41) is 3.17. The van der Waals surface area contributed by atoms with Crippen molar-refractivity contribution in [2.45, 2.75) is 30.9 Å². The maximum Gasteiger partial charge on any atom is 0.276 e. The molecule has 17 heavy (non-hydrogen) atoms. The Balaban J connectivity index is 2.21. The SMILES string of the molecule is CNC1CCCN(S(=O)(=O)c2ccc(C)o2)C1. The lowest BCUT2D eigenvalue weighted by Gasteiger charge is -2.30. The minimum Gasteiger partial charge on any atom is -0.449 e. The zero-order valence-corrected chi connectivity index (χ0v) is 11.0. The molecule has 1 aliphatic rings. The summed E-state index contributed by atoms with van der Waals surface area (Å²) in [5.41, 5.74) is 0. The molecule has 2 heterocycles. The number of likely N-dealkylation sites (N-methyl/N-ethyl adjacent to an activating group) is 1. The van der Waals surface area contributed by atoms with Crippen LogP contribution in [0.4, 0.5) is 0 Å². The molecule has 1 N–H and O–H groups in total. The van der Waals surface area contributed by atoms with Gasteiger partial charge in [0.15, 0.2) is 0 Å². The third kappa shape index (κ3) is 2.53. The molecule has 96 valence electrons. The smallest absolute Gasteiger partial charge is 0.276 e. The number of hydrogen-bond acceptors (Lipinski definition) is 4. The van der Waals surface area contributed by atoms with Gasteiger partial charge in [-0.15, -0.1) is 0 Å². The Morgan fingerprint density at radius 1 is 1.47 bits per heavy atom. The monoisotopic (exact) mass is 258 g/mol. The topological polar surface area (TPSA) is 62.6 Å². The van der Waals surface area contributed by atoms with Gasteiger partial charge in [0.2, 0.25) is 5.09 Å². The predicted molar refractivity (Wildman–Crippen MR) is 64.3 cm³/mol. The predicted octanol–water partition coefficient (Wildman–Crippen LogP) is 0.961. The van der Waals surface area contributed by atoms with Crippen molar-refractivity contribution >= 4 is 10.0 Å². The lowest BCUT2D eigenvalue weighted by atomic mass is 10.1. The van der Waals surface area contributed by atoms with E-state index in [-0.39, 0.29) is 11.1 Å². The average molecular weight is 258 g/mol. The molecule has 0 aliphatic carbocycles. The summed E-state index contributed by atoms with van der Waals surface area (Å²) in [4.78, 5) is 0. The molecule has 1 aromatic rings. The van der Waals surface area contributed by atoms with E-state index in [0.717, 1.165) is 12.8 Å². The second-order valence-corrected chi connectivity index (χ2v) is 6.22. The summed E-state index contributed by atoms with van der Waals surface area (Å²) in [5.74, 6) is 0.616. The highest BCUT2D eigenvalue weighted by atomic mass is 32.2. The fourth-order valence-corrected chi connectivity index (χ4v) is 3.55. The Bertz CT molecular complexity index is 481. The van der Waals surface area contributed by atoms with Gasteiger partial charge in [-0.3, -0.25) is 0 Å². The molecular formula is C11H18N2O3S. The first-order chi connectivity index (χ1) is 8.04. The van der Waals surface area contributed by atoms with E-state index in [0.29, 0.717) is 18.8 Å². The fourth-order valence-electron chi connectivity index (χ4n) is 2.07. The van der Waals surface area contributed by atoms with Crippen molar-refractivity contribution < 1.29 is 12.8 Å². The Kier molecular flexibility index (Phi) is 3.56. The summed E-state index contributed by atoms with van der Waals surface area (Å²) in [7, 11) is -1.60. The molecule has 0 bridgehead atoms. The van der Waals surface area contributed by atoms with E-state index in [1.807, 2.05) is 7.05 Å². The van der Waals surface area contributed by atoms with Crippen LogP contribution in [0.2, 0.25) is 0 Å². The number of sulfonamides is 1. The molecule has 0 aromatic carbocycles. The fraction of sp³-hybridized carbons (Fsp3) is 0.636. The first-order valence-electron chi connectivity index (χ1n) is 5.78. The zero-order chi connectivity index (χ0) is 12.5. The van der Waals surface area contributed by atoms with Gasteiger partial charge in [0.25, 0.3) is 10.0 Å². The molecule has 1 aromatic heterocycles. The van der Waals surface area contributed by atoms with Crippen LogP contribution in [-0.2, 0) is 10.0 Å². The number of nitrogens with one attached hydrogen (secondary N) is 1. The Morgan fingerprint density at radius 2 is 2.24 bits per heavy atom. The lowest BCUT2D eigenvalue weighted by molar-refractivity contribution is 0.285. The van der Waals surface area contributed by atoms with Crippen LogP contribution < -0.4 is 5.32 Å². The largest absolute Gasteiger partial charge is 0.449 e. The van der Waals surface area contributed by atoms with Crippen LogP contribution in [0.25, 0.3) is 0 Å². The highest BCUT2D eigenvalue weighted by Gasteiger charge is 2.31. The van der Waals surface area contributed by atoms with E-state index in [2.05, 4.69) is 5.32 Å². The average Bonchev–Trinajstić information content (AvgIpc) is 2.76. The van der Waals surface area contributed by atoms with Crippen molar-refractivity contribution in [2.75, 3.05) is 20.1 Å². The lowest BCUT2D eigenvalue weighted by Crippen LogP contribution is -2.46. The number of hydrogen-bond donors (Lipinski definition) is 1. The maximum atomic E-state index is 12.3. The van der Waals surface area contributed by atoms with Crippen molar-refractivity contribution in [1.29, 1.82) is 0 Å². The van der Waals surface area contributed by atoms with Crippen molar-refractivity contribution in [3.63, 3.8) is 0 Å². The number of furan rings is 1. The summed E-state index contributed by atoms with van der Waals surface area (Å²) in [6.07, 6.45) is 1.89. The van der Waals surface area contributed by atoms with Crippen molar-refractivity contribution in [1.82, 2.24) is 9.62 Å². The van der Waals surface area contributed by atoms with Gasteiger partial charge in [-0.1, -0.05) is 0 Å². The van der Waals surface area contributed by atoms with Crippen LogP contribution >= 0.6 is 0 Å². The second-order valence-electron chi connectivity index (χ2n) is 4.36. The van der Waals surface area contributed by atoms with Crippen LogP contribution in [0.1, 0.15) is 18.6 Å². The molecule has 1 fully saturated rings. The van der Waals surface area contributed by atoms with Gasteiger partial charge >= 0.3 is 0 Å². The highest BCUT2D eigenvalue weighted by molar-refractivity contribution is 7.89. The Hall–Kier alpha value is -0.850. The molecule has 0 radical (unpaired) electrons. The number of rotatable bonds is 3. The summed E-state index contributed by atoms with van der Waals surface area (Å²) in [6, 6.07) is 3.43. The van der Waals surface area contributed by atoms with Crippen molar-refractivity contribution in [3.05, 3.63) is 17.9 Å². The van der Waals surface area contributed by atoms with Crippen LogP contribution in [0.5, 0.6) is 0 Å². The molecule has 2 rings (SSSR count). The summed E-state index contributed by atoms with van der Waals surface area (Å²) in [6.45, 7) is 2.82. The molecule has 1 atom stereocenters. The van der Waals surface area contributed by atoms with Crippen LogP contribution in [0.15, 0.2) is 21.6 Å². The summed E-state index contributed by atoms with van der Waals surface area (Å²) < 4.78 is 31.2. The molecule has 0 amide bonds. The molecule has 0 saturated carbocycles. The maximum absolute atomic E-state index is 12.3. The van der Waals surface area contributed by atoms with Crippen LogP contribution in [-0.4, -0.2) is 38.9 Å². The van der Waals surface area contributed by atoms with E-state index in [1.54, 1.807) is 13.0 Å². The van der Waals surface area contributed by atoms with Gasteiger partial charge in [-0.25, -0.2) is 8.42 Å². The second kappa shape index (κ2) is 4.80. The van der Waals surface area contributed by atoms with Gasteiger partial charge in [0, 0.05) is 19.1 Å². The van der Waals surface area contributed by atoms with E-state index in [1.165, 1.54) is 10.4 Å².